The number of aliphatic hydroxyl groups is 1. The molecule has 1 aromatic carbocycles. The van der Waals surface area contributed by atoms with Crippen LogP contribution in [0.5, 0.6) is 0 Å². The summed E-state index contributed by atoms with van der Waals surface area (Å²) in [7, 11) is 0. The molecule has 0 spiro atoms. The lowest BCUT2D eigenvalue weighted by molar-refractivity contribution is -0.159. The molecular formula is C25H33N3O3. The molecule has 1 aliphatic carbocycles. The van der Waals surface area contributed by atoms with Gasteiger partial charge in [-0.3, -0.25) is 4.79 Å². The molecule has 3 amide bonds. The van der Waals surface area contributed by atoms with Gasteiger partial charge in [0.2, 0.25) is 5.91 Å². The Bertz CT molecular complexity index is 851. The first-order valence-electron chi connectivity index (χ1n) is 11.7. The highest BCUT2D eigenvalue weighted by atomic mass is 16.3. The van der Waals surface area contributed by atoms with Gasteiger partial charge in [0.05, 0.1) is 18.7 Å². The monoisotopic (exact) mass is 423 g/mol. The van der Waals surface area contributed by atoms with Crippen LogP contribution in [0.4, 0.5) is 4.79 Å². The Hall–Kier alpha value is -2.52. The summed E-state index contributed by atoms with van der Waals surface area (Å²) in [5, 5.41) is 12.8. The van der Waals surface area contributed by atoms with Crippen LogP contribution < -0.4 is 5.32 Å². The van der Waals surface area contributed by atoms with Crippen molar-refractivity contribution in [3.05, 3.63) is 35.4 Å². The van der Waals surface area contributed by atoms with Crippen molar-refractivity contribution in [1.82, 2.24) is 15.1 Å². The minimum atomic E-state index is -0.224. The molecule has 0 radical (unpaired) electrons. The minimum absolute atomic E-state index is 0.0243. The molecule has 2 N–H and O–H groups in total. The average Bonchev–Trinajstić information content (AvgIpc) is 3.28. The number of hydrogen-bond donors (Lipinski definition) is 2. The van der Waals surface area contributed by atoms with Gasteiger partial charge < -0.3 is 20.2 Å². The van der Waals surface area contributed by atoms with Crippen molar-refractivity contribution in [3.8, 4) is 11.8 Å². The molecule has 6 heteroatoms. The van der Waals surface area contributed by atoms with Crippen LogP contribution in [0.1, 0.15) is 62.5 Å². The van der Waals surface area contributed by atoms with E-state index in [0.717, 1.165) is 29.9 Å². The summed E-state index contributed by atoms with van der Waals surface area (Å²) in [5.41, 5.74) is 2.09. The van der Waals surface area contributed by atoms with Crippen molar-refractivity contribution in [3.63, 3.8) is 0 Å². The van der Waals surface area contributed by atoms with Crippen molar-refractivity contribution < 1.29 is 14.7 Å². The highest BCUT2D eigenvalue weighted by Crippen LogP contribution is 2.42. The van der Waals surface area contributed by atoms with Crippen LogP contribution in [-0.4, -0.2) is 65.2 Å². The first kappa shape index (κ1) is 21.7. The summed E-state index contributed by atoms with van der Waals surface area (Å²) in [4.78, 5) is 28.4. The maximum Gasteiger partial charge on any atom is 0.317 e. The SMILES string of the molecule is CCCNC(=O)N1CC(=O)N2[C@H](CO)[C@@H](c3ccc(C#CCC4CCCC4)cc3)[C@@H]2C1. The largest absolute Gasteiger partial charge is 0.394 e. The average molecular weight is 424 g/mol. The number of rotatable bonds is 5. The molecule has 1 saturated carbocycles. The number of hydrogen-bond acceptors (Lipinski definition) is 3. The van der Waals surface area contributed by atoms with Crippen LogP contribution in [-0.2, 0) is 4.79 Å². The van der Waals surface area contributed by atoms with E-state index in [2.05, 4.69) is 29.3 Å². The van der Waals surface area contributed by atoms with E-state index in [-0.39, 0.29) is 43.1 Å². The quantitative estimate of drug-likeness (QED) is 0.716. The molecule has 2 aliphatic heterocycles. The van der Waals surface area contributed by atoms with Gasteiger partial charge in [-0.15, -0.1) is 0 Å². The number of urea groups is 1. The van der Waals surface area contributed by atoms with E-state index in [1.54, 1.807) is 9.80 Å². The standard InChI is InChI=1S/C25H33N3O3/c1-2-14-26-25(31)27-15-21-24(22(17-29)28(21)23(30)16-27)20-12-10-19(11-13-20)9-5-8-18-6-3-4-7-18/h10-13,18,21-22,24,29H,2-4,6-8,14-17H2,1H3,(H,26,31)/t21-,22+,24-/m0/s1. The zero-order valence-electron chi connectivity index (χ0n) is 18.3. The number of carbonyl (C=O) groups is 2. The second kappa shape index (κ2) is 9.74. The number of piperazine rings is 1. The Labute approximate surface area is 185 Å². The maximum atomic E-state index is 12.6. The van der Waals surface area contributed by atoms with E-state index >= 15 is 0 Å². The smallest absolute Gasteiger partial charge is 0.317 e. The first-order valence-corrected chi connectivity index (χ1v) is 11.7. The summed E-state index contributed by atoms with van der Waals surface area (Å²) < 4.78 is 0. The second-order valence-electron chi connectivity index (χ2n) is 9.03. The number of nitrogens with zero attached hydrogens (tertiary/aromatic N) is 2. The fourth-order valence-corrected chi connectivity index (χ4v) is 5.30. The molecule has 0 unspecified atom stereocenters. The third-order valence-corrected chi connectivity index (χ3v) is 6.96. The summed E-state index contributed by atoms with van der Waals surface area (Å²) in [6.45, 7) is 3.10. The van der Waals surface area contributed by atoms with Crippen LogP contribution >= 0.6 is 0 Å². The number of carbonyl (C=O) groups excluding carboxylic acids is 2. The summed E-state index contributed by atoms with van der Waals surface area (Å²) >= 11 is 0. The van der Waals surface area contributed by atoms with Crippen molar-refractivity contribution >= 4 is 11.9 Å². The molecule has 31 heavy (non-hydrogen) atoms. The van der Waals surface area contributed by atoms with Gasteiger partial charge >= 0.3 is 6.03 Å². The number of nitrogens with one attached hydrogen (secondary N) is 1. The highest BCUT2D eigenvalue weighted by molar-refractivity contribution is 5.87. The summed E-state index contributed by atoms with van der Waals surface area (Å²) in [5.74, 6) is 7.31. The number of aliphatic hydroxyl groups excluding tert-OH is 1. The molecule has 3 aliphatic rings. The van der Waals surface area contributed by atoms with Crippen LogP contribution in [0.15, 0.2) is 24.3 Å². The van der Waals surface area contributed by atoms with E-state index < -0.39 is 0 Å². The molecule has 1 aromatic rings. The fourth-order valence-electron chi connectivity index (χ4n) is 5.30. The van der Waals surface area contributed by atoms with Crippen molar-refractivity contribution in [2.24, 2.45) is 5.92 Å². The lowest BCUT2D eigenvalue weighted by Gasteiger charge is -2.58. The Morgan fingerprint density at radius 2 is 1.97 bits per heavy atom. The fraction of sp³-hybridized carbons (Fsp3) is 0.600. The van der Waals surface area contributed by atoms with Crippen molar-refractivity contribution in [1.29, 1.82) is 0 Å². The molecule has 0 aromatic heterocycles. The van der Waals surface area contributed by atoms with Crippen LogP contribution in [0.2, 0.25) is 0 Å². The highest BCUT2D eigenvalue weighted by Gasteiger charge is 2.54. The van der Waals surface area contributed by atoms with E-state index in [1.807, 2.05) is 19.1 Å². The third-order valence-electron chi connectivity index (χ3n) is 6.96. The molecular weight excluding hydrogens is 390 g/mol. The molecule has 2 heterocycles. The Morgan fingerprint density at radius 1 is 1.23 bits per heavy atom. The maximum absolute atomic E-state index is 12.6. The molecule has 3 atom stereocenters. The van der Waals surface area contributed by atoms with E-state index in [0.29, 0.717) is 13.1 Å². The van der Waals surface area contributed by atoms with E-state index in [9.17, 15) is 14.7 Å². The van der Waals surface area contributed by atoms with Crippen molar-refractivity contribution in [2.75, 3.05) is 26.2 Å². The van der Waals surface area contributed by atoms with Gasteiger partial charge in [-0.1, -0.05) is 43.7 Å². The van der Waals surface area contributed by atoms with Gasteiger partial charge in [-0.05, 0) is 42.9 Å². The Kier molecular flexibility index (Phi) is 6.82. The summed E-state index contributed by atoms with van der Waals surface area (Å²) in [6.07, 6.45) is 7.13. The third kappa shape index (κ3) is 4.57. The minimum Gasteiger partial charge on any atom is -0.394 e. The lowest BCUT2D eigenvalue weighted by atomic mass is 9.73. The Morgan fingerprint density at radius 3 is 2.65 bits per heavy atom. The number of fused-ring (bicyclic) bond motifs is 1. The van der Waals surface area contributed by atoms with Gasteiger partial charge in [0, 0.05) is 31.0 Å². The van der Waals surface area contributed by atoms with Gasteiger partial charge in [-0.2, -0.15) is 0 Å². The normalized spacial score (nSPS) is 25.5. The topological polar surface area (TPSA) is 72.9 Å². The van der Waals surface area contributed by atoms with E-state index in [4.69, 9.17) is 0 Å². The van der Waals surface area contributed by atoms with E-state index in [1.165, 1.54) is 25.7 Å². The predicted octanol–water partition coefficient (Wildman–Crippen LogP) is 2.71. The molecule has 6 nitrogen and oxygen atoms in total. The molecule has 0 bridgehead atoms. The van der Waals surface area contributed by atoms with Crippen LogP contribution in [0.3, 0.4) is 0 Å². The van der Waals surface area contributed by atoms with Crippen LogP contribution in [0, 0.1) is 17.8 Å². The molecule has 2 saturated heterocycles. The Balaban J connectivity index is 1.43. The van der Waals surface area contributed by atoms with Crippen LogP contribution in [0.25, 0.3) is 0 Å². The molecule has 3 fully saturated rings. The lowest BCUT2D eigenvalue weighted by Crippen LogP contribution is -2.73. The van der Waals surface area contributed by atoms with Gasteiger partial charge in [0.15, 0.2) is 0 Å². The number of benzene rings is 1. The second-order valence-corrected chi connectivity index (χ2v) is 9.03. The van der Waals surface area contributed by atoms with Gasteiger partial charge in [0.25, 0.3) is 0 Å². The van der Waals surface area contributed by atoms with Gasteiger partial charge in [-0.25, -0.2) is 4.79 Å². The number of amides is 3. The predicted molar refractivity (Wildman–Crippen MR) is 119 cm³/mol. The van der Waals surface area contributed by atoms with Gasteiger partial charge in [0.1, 0.15) is 6.54 Å². The van der Waals surface area contributed by atoms with Crippen molar-refractivity contribution in [2.45, 2.75) is 63.5 Å². The summed E-state index contributed by atoms with van der Waals surface area (Å²) in [6, 6.07) is 7.68. The zero-order chi connectivity index (χ0) is 21.8. The molecule has 4 rings (SSSR count). The zero-order valence-corrected chi connectivity index (χ0v) is 18.3. The molecule has 166 valence electrons. The first-order chi connectivity index (χ1) is 15.1.